The van der Waals surface area contributed by atoms with Gasteiger partial charge in [0.2, 0.25) is 0 Å². The van der Waals surface area contributed by atoms with Gasteiger partial charge in [0.05, 0.1) is 12.8 Å². The maximum Gasteiger partial charge on any atom is 0.259 e. The quantitative estimate of drug-likeness (QED) is 0.506. The first-order valence-corrected chi connectivity index (χ1v) is 7.93. The van der Waals surface area contributed by atoms with E-state index in [0.29, 0.717) is 5.56 Å². The predicted molar refractivity (Wildman–Crippen MR) is 94.2 cm³/mol. The normalized spacial score (nSPS) is 10.6. The van der Waals surface area contributed by atoms with Crippen LogP contribution in [0.3, 0.4) is 0 Å². The zero-order valence-corrected chi connectivity index (χ0v) is 14.6. The van der Waals surface area contributed by atoms with Crippen LogP contribution in [0, 0.1) is 0 Å². The van der Waals surface area contributed by atoms with E-state index < -0.39 is 0 Å². The predicted octanol–water partition coefficient (Wildman–Crippen LogP) is 3.48. The molecule has 5 nitrogen and oxygen atoms in total. The van der Waals surface area contributed by atoms with Crippen LogP contribution >= 0.6 is 31.9 Å². The summed E-state index contributed by atoms with van der Waals surface area (Å²) in [4.78, 5) is 11.7. The van der Waals surface area contributed by atoms with Crippen LogP contribution in [0.5, 0.6) is 5.75 Å². The monoisotopic (exact) mass is 425 g/mol. The second kappa shape index (κ2) is 7.95. The van der Waals surface area contributed by atoms with Gasteiger partial charge in [-0.15, -0.1) is 0 Å². The first-order valence-electron chi connectivity index (χ1n) is 6.35. The number of amides is 1. The number of phenolic OH excluding ortho intramolecular Hbond substituents is 1. The molecule has 1 amide bonds. The summed E-state index contributed by atoms with van der Waals surface area (Å²) < 4.78 is 1.80. The number of anilines is 1. The van der Waals surface area contributed by atoms with E-state index in [1.807, 2.05) is 18.2 Å². The number of hydrogen-bond donors (Lipinski definition) is 3. The van der Waals surface area contributed by atoms with Gasteiger partial charge in [-0.3, -0.25) is 4.79 Å². The zero-order valence-electron chi connectivity index (χ0n) is 11.4. The number of aromatic hydroxyl groups is 1. The van der Waals surface area contributed by atoms with Crippen LogP contribution in [0.15, 0.2) is 56.5 Å². The van der Waals surface area contributed by atoms with Gasteiger partial charge in [-0.25, -0.2) is 5.43 Å². The van der Waals surface area contributed by atoms with Crippen LogP contribution in [0.2, 0.25) is 0 Å². The van der Waals surface area contributed by atoms with Gasteiger partial charge in [0.25, 0.3) is 5.91 Å². The molecule has 0 saturated carbocycles. The number of phenols is 1. The molecule has 0 heterocycles. The van der Waals surface area contributed by atoms with Gasteiger partial charge in [-0.2, -0.15) is 5.10 Å². The Balaban J connectivity index is 1.84. The molecule has 2 aromatic rings. The number of benzene rings is 2. The Hall–Kier alpha value is -1.86. The molecule has 0 aliphatic carbocycles. The van der Waals surface area contributed by atoms with Gasteiger partial charge in [-0.1, -0.05) is 28.1 Å². The lowest BCUT2D eigenvalue weighted by molar-refractivity contribution is -0.119. The van der Waals surface area contributed by atoms with Crippen molar-refractivity contribution in [3.05, 3.63) is 57.0 Å². The molecule has 0 aliphatic rings. The van der Waals surface area contributed by atoms with Crippen molar-refractivity contribution in [3.8, 4) is 5.75 Å². The first kappa shape index (κ1) is 16.5. The van der Waals surface area contributed by atoms with Crippen LogP contribution in [-0.2, 0) is 4.79 Å². The molecule has 0 fully saturated rings. The highest BCUT2D eigenvalue weighted by atomic mass is 79.9. The third-order valence-corrected chi connectivity index (χ3v) is 3.85. The minimum atomic E-state index is -0.290. The Kier molecular flexibility index (Phi) is 5.97. The maximum absolute atomic E-state index is 11.7. The molecule has 0 spiro atoms. The number of hydrogen-bond acceptors (Lipinski definition) is 4. The summed E-state index contributed by atoms with van der Waals surface area (Å²) in [6.45, 7) is 0.0817. The number of nitrogens with zero attached hydrogens (tertiary/aromatic N) is 1. The molecule has 0 radical (unpaired) electrons. The summed E-state index contributed by atoms with van der Waals surface area (Å²) in [6.07, 6.45) is 1.39. The lowest BCUT2D eigenvalue weighted by Gasteiger charge is -2.07. The number of halogens is 2. The Morgan fingerprint density at radius 1 is 1.23 bits per heavy atom. The van der Waals surface area contributed by atoms with Gasteiger partial charge in [-0.05, 0) is 46.3 Å². The van der Waals surface area contributed by atoms with Crippen molar-refractivity contribution >= 4 is 49.7 Å². The summed E-state index contributed by atoms with van der Waals surface area (Å²) in [7, 11) is 0. The van der Waals surface area contributed by atoms with Crippen LogP contribution in [0.25, 0.3) is 0 Å². The zero-order chi connectivity index (χ0) is 15.9. The Bertz CT molecular complexity index is 705. The minimum Gasteiger partial charge on any atom is -0.507 e. The van der Waals surface area contributed by atoms with Crippen LogP contribution in [0.4, 0.5) is 5.69 Å². The van der Waals surface area contributed by atoms with Crippen molar-refractivity contribution in [1.29, 1.82) is 0 Å². The van der Waals surface area contributed by atoms with Gasteiger partial charge < -0.3 is 10.4 Å². The molecule has 7 heteroatoms. The van der Waals surface area contributed by atoms with Crippen LogP contribution in [0.1, 0.15) is 5.56 Å². The highest BCUT2D eigenvalue weighted by Crippen LogP contribution is 2.25. The van der Waals surface area contributed by atoms with Crippen molar-refractivity contribution in [2.24, 2.45) is 5.10 Å². The third kappa shape index (κ3) is 4.85. The maximum atomic E-state index is 11.7. The molecule has 0 atom stereocenters. The van der Waals surface area contributed by atoms with E-state index in [4.69, 9.17) is 0 Å². The lowest BCUT2D eigenvalue weighted by atomic mass is 10.2. The fourth-order valence-corrected chi connectivity index (χ4v) is 2.81. The van der Waals surface area contributed by atoms with E-state index >= 15 is 0 Å². The van der Waals surface area contributed by atoms with E-state index in [1.165, 1.54) is 6.21 Å². The van der Waals surface area contributed by atoms with E-state index in [0.717, 1.165) is 14.6 Å². The highest BCUT2D eigenvalue weighted by molar-refractivity contribution is 9.11. The summed E-state index contributed by atoms with van der Waals surface area (Å²) >= 11 is 6.77. The van der Waals surface area contributed by atoms with E-state index in [-0.39, 0.29) is 18.2 Å². The average molecular weight is 427 g/mol. The molecular weight excluding hydrogens is 414 g/mol. The van der Waals surface area contributed by atoms with E-state index in [1.54, 1.807) is 24.3 Å². The lowest BCUT2D eigenvalue weighted by Crippen LogP contribution is -2.26. The molecule has 3 N–H and O–H groups in total. The van der Waals surface area contributed by atoms with Crippen molar-refractivity contribution in [3.63, 3.8) is 0 Å². The van der Waals surface area contributed by atoms with E-state index in [9.17, 15) is 9.90 Å². The minimum absolute atomic E-state index is 0.0817. The van der Waals surface area contributed by atoms with Gasteiger partial charge in [0.1, 0.15) is 5.75 Å². The summed E-state index contributed by atoms with van der Waals surface area (Å²) in [6, 6.07) is 12.4. The molecule has 0 saturated heterocycles. The van der Waals surface area contributed by atoms with Gasteiger partial charge >= 0.3 is 0 Å². The number of nitrogens with one attached hydrogen (secondary N) is 2. The van der Waals surface area contributed by atoms with Gasteiger partial charge in [0.15, 0.2) is 0 Å². The molecule has 114 valence electrons. The Morgan fingerprint density at radius 2 is 2.00 bits per heavy atom. The summed E-state index contributed by atoms with van der Waals surface area (Å²) in [5.41, 5.74) is 3.73. The van der Waals surface area contributed by atoms with Crippen molar-refractivity contribution in [2.45, 2.75) is 0 Å². The van der Waals surface area contributed by atoms with Crippen LogP contribution in [-0.4, -0.2) is 23.8 Å². The van der Waals surface area contributed by atoms with Crippen molar-refractivity contribution in [1.82, 2.24) is 5.43 Å². The molecule has 0 aliphatic heterocycles. The molecule has 2 rings (SSSR count). The third-order valence-electron chi connectivity index (χ3n) is 2.70. The number of carbonyl (C=O) groups excluding carboxylic acids is 1. The van der Waals surface area contributed by atoms with Crippen molar-refractivity contribution in [2.75, 3.05) is 11.9 Å². The molecule has 22 heavy (non-hydrogen) atoms. The summed E-state index contributed by atoms with van der Waals surface area (Å²) in [5, 5.41) is 16.4. The Labute approximate surface area is 144 Å². The SMILES string of the molecule is O=C(CNc1ccc(Br)cc1Br)N/N=C/c1ccccc1O. The fourth-order valence-electron chi connectivity index (χ4n) is 1.62. The smallest absolute Gasteiger partial charge is 0.259 e. The number of carbonyl (C=O) groups is 1. The number of hydrazone groups is 1. The van der Waals surface area contributed by atoms with E-state index in [2.05, 4.69) is 47.7 Å². The number of para-hydroxylation sites is 1. The Morgan fingerprint density at radius 3 is 2.73 bits per heavy atom. The molecule has 2 aromatic carbocycles. The van der Waals surface area contributed by atoms with Crippen molar-refractivity contribution < 1.29 is 9.90 Å². The highest BCUT2D eigenvalue weighted by Gasteiger charge is 2.03. The van der Waals surface area contributed by atoms with Crippen LogP contribution < -0.4 is 10.7 Å². The number of rotatable bonds is 5. The second-order valence-electron chi connectivity index (χ2n) is 4.33. The fraction of sp³-hybridized carbons (Fsp3) is 0.0667. The topological polar surface area (TPSA) is 73.7 Å². The average Bonchev–Trinajstić information content (AvgIpc) is 2.48. The summed E-state index contributed by atoms with van der Waals surface area (Å²) in [5.74, 6) is -0.182. The largest absolute Gasteiger partial charge is 0.507 e. The standard InChI is InChI=1S/C15H13Br2N3O2/c16-11-5-6-13(12(17)7-11)18-9-15(22)20-19-8-10-3-1-2-4-14(10)21/h1-8,18,21H,9H2,(H,20,22)/b19-8+. The molecule has 0 aromatic heterocycles. The molecule has 0 unspecified atom stereocenters. The molecule has 0 bridgehead atoms. The first-order chi connectivity index (χ1) is 10.6. The second-order valence-corrected chi connectivity index (χ2v) is 6.10. The van der Waals surface area contributed by atoms with Gasteiger partial charge in [0, 0.05) is 20.2 Å². The molecular formula is C15H13Br2N3O2.